The van der Waals surface area contributed by atoms with E-state index < -0.39 is 0 Å². The van der Waals surface area contributed by atoms with Crippen LogP contribution < -0.4 is 0 Å². The van der Waals surface area contributed by atoms with Crippen LogP contribution >= 0.6 is 11.3 Å². The van der Waals surface area contributed by atoms with E-state index in [0.29, 0.717) is 0 Å². The van der Waals surface area contributed by atoms with Crippen LogP contribution in [0.4, 0.5) is 0 Å². The molecule has 26 heavy (non-hydrogen) atoms. The molecule has 0 saturated carbocycles. The Kier molecular flexibility index (Phi) is 5.40. The van der Waals surface area contributed by atoms with E-state index in [9.17, 15) is 0 Å². The molecule has 0 unspecified atom stereocenters. The quantitative estimate of drug-likeness (QED) is 0.803. The van der Waals surface area contributed by atoms with Gasteiger partial charge >= 0.3 is 0 Å². The molecule has 2 aliphatic rings. The molecule has 0 N–H and O–H groups in total. The highest BCUT2D eigenvalue weighted by molar-refractivity contribution is 7.09. The Morgan fingerprint density at radius 3 is 2.73 bits per heavy atom. The Bertz CT molecular complexity index is 719. The molecule has 2 fully saturated rings. The smallest absolute Gasteiger partial charge is 0.122 e. The normalized spacial score (nSPS) is 21.5. The summed E-state index contributed by atoms with van der Waals surface area (Å²) in [6.07, 6.45) is 7.14. The molecule has 0 radical (unpaired) electrons. The number of ether oxygens (including phenoxy) is 1. The second kappa shape index (κ2) is 7.76. The standard InChI is InChI=1S/C19H29N5OS/c1-3-18-21-16(14-26-18)12-24-10-11-25-19(15-24)4-7-23(8-5-19)13-17-20-6-9-22(17)2/h6,9,14H,3-5,7-8,10-13,15H2,1-2H3. The maximum atomic E-state index is 6.30. The van der Waals surface area contributed by atoms with Crippen LogP contribution in [0.25, 0.3) is 0 Å². The first-order valence-corrected chi connectivity index (χ1v) is 10.5. The molecule has 7 heteroatoms. The van der Waals surface area contributed by atoms with Crippen molar-refractivity contribution >= 4 is 11.3 Å². The maximum Gasteiger partial charge on any atom is 0.122 e. The lowest BCUT2D eigenvalue weighted by Crippen LogP contribution is -2.56. The van der Waals surface area contributed by atoms with Gasteiger partial charge in [0.2, 0.25) is 0 Å². The summed E-state index contributed by atoms with van der Waals surface area (Å²) in [5.74, 6) is 1.14. The van der Waals surface area contributed by atoms with E-state index >= 15 is 0 Å². The minimum atomic E-state index is 0.0278. The summed E-state index contributed by atoms with van der Waals surface area (Å²) in [6.45, 7) is 9.10. The molecule has 6 nitrogen and oxygen atoms in total. The van der Waals surface area contributed by atoms with Crippen molar-refractivity contribution in [3.63, 3.8) is 0 Å². The molecule has 2 aliphatic heterocycles. The van der Waals surface area contributed by atoms with Crippen molar-refractivity contribution in [3.8, 4) is 0 Å². The van der Waals surface area contributed by atoms with Gasteiger partial charge in [-0.2, -0.15) is 0 Å². The maximum absolute atomic E-state index is 6.30. The van der Waals surface area contributed by atoms with Gasteiger partial charge in [-0.25, -0.2) is 9.97 Å². The Hall–Kier alpha value is -1.28. The first kappa shape index (κ1) is 18.1. The summed E-state index contributed by atoms with van der Waals surface area (Å²) in [5.41, 5.74) is 1.25. The molecule has 0 aliphatic carbocycles. The van der Waals surface area contributed by atoms with Crippen molar-refractivity contribution in [1.82, 2.24) is 24.3 Å². The lowest BCUT2D eigenvalue weighted by Gasteiger charge is -2.47. The minimum Gasteiger partial charge on any atom is -0.372 e. The molecule has 2 saturated heterocycles. The van der Waals surface area contributed by atoms with E-state index in [1.807, 2.05) is 12.4 Å². The molecular weight excluding hydrogens is 346 g/mol. The fourth-order valence-electron chi connectivity index (χ4n) is 4.04. The topological polar surface area (TPSA) is 46.4 Å². The number of morpholine rings is 1. The van der Waals surface area contributed by atoms with Crippen molar-refractivity contribution < 1.29 is 4.74 Å². The van der Waals surface area contributed by atoms with Gasteiger partial charge in [0.1, 0.15) is 5.82 Å². The molecule has 2 aromatic rings. The largest absolute Gasteiger partial charge is 0.372 e. The molecular formula is C19H29N5OS. The molecule has 4 heterocycles. The van der Waals surface area contributed by atoms with E-state index in [-0.39, 0.29) is 5.60 Å². The van der Waals surface area contributed by atoms with Crippen LogP contribution in [-0.4, -0.2) is 62.7 Å². The van der Waals surface area contributed by atoms with E-state index in [4.69, 9.17) is 9.72 Å². The first-order chi connectivity index (χ1) is 12.7. The zero-order chi connectivity index (χ0) is 18.0. The van der Waals surface area contributed by atoms with Gasteiger partial charge in [0.05, 0.1) is 29.5 Å². The first-order valence-electron chi connectivity index (χ1n) is 9.64. The molecule has 1 spiro atoms. The number of aromatic nitrogens is 3. The molecule has 0 amide bonds. The number of nitrogens with zero attached hydrogens (tertiary/aromatic N) is 5. The summed E-state index contributed by atoms with van der Waals surface area (Å²) in [6, 6.07) is 0. The highest BCUT2D eigenvalue weighted by Gasteiger charge is 2.39. The highest BCUT2D eigenvalue weighted by Crippen LogP contribution is 2.31. The molecule has 142 valence electrons. The van der Waals surface area contributed by atoms with Crippen LogP contribution in [0.2, 0.25) is 0 Å². The zero-order valence-electron chi connectivity index (χ0n) is 15.9. The molecule has 0 bridgehead atoms. The number of hydrogen-bond donors (Lipinski definition) is 0. The van der Waals surface area contributed by atoms with Gasteiger partial charge in [0, 0.05) is 57.5 Å². The van der Waals surface area contributed by atoms with Crippen LogP contribution in [0.1, 0.15) is 36.3 Å². The van der Waals surface area contributed by atoms with Crippen molar-refractivity contribution in [2.45, 2.75) is 44.9 Å². The van der Waals surface area contributed by atoms with Crippen LogP contribution in [0, 0.1) is 0 Å². The highest BCUT2D eigenvalue weighted by atomic mass is 32.1. The summed E-state index contributed by atoms with van der Waals surface area (Å²) in [4.78, 5) is 14.2. The Labute approximate surface area is 159 Å². The zero-order valence-corrected chi connectivity index (χ0v) is 16.7. The molecule has 2 aromatic heterocycles. The molecule has 4 rings (SSSR count). The molecule has 0 aromatic carbocycles. The predicted octanol–water partition coefficient (Wildman–Crippen LogP) is 2.31. The number of piperidine rings is 1. The number of hydrogen-bond acceptors (Lipinski definition) is 6. The average Bonchev–Trinajstić information content (AvgIpc) is 3.26. The Balaban J connectivity index is 1.32. The summed E-state index contributed by atoms with van der Waals surface area (Å²) < 4.78 is 8.41. The third-order valence-corrected chi connectivity index (χ3v) is 6.71. The summed E-state index contributed by atoms with van der Waals surface area (Å²) in [7, 11) is 2.07. The van der Waals surface area contributed by atoms with Gasteiger partial charge in [-0.05, 0) is 19.3 Å². The van der Waals surface area contributed by atoms with Crippen LogP contribution in [0.5, 0.6) is 0 Å². The fraction of sp³-hybridized carbons (Fsp3) is 0.684. The number of imidazole rings is 1. The average molecular weight is 376 g/mol. The Morgan fingerprint density at radius 1 is 1.19 bits per heavy atom. The van der Waals surface area contributed by atoms with E-state index in [0.717, 1.165) is 71.0 Å². The van der Waals surface area contributed by atoms with Gasteiger partial charge in [-0.3, -0.25) is 9.80 Å². The van der Waals surface area contributed by atoms with Gasteiger partial charge in [-0.1, -0.05) is 6.92 Å². The minimum absolute atomic E-state index is 0.0278. The van der Waals surface area contributed by atoms with Gasteiger partial charge < -0.3 is 9.30 Å². The van der Waals surface area contributed by atoms with E-state index in [2.05, 4.69) is 38.7 Å². The summed E-state index contributed by atoms with van der Waals surface area (Å²) >= 11 is 1.78. The lowest BCUT2D eigenvalue weighted by atomic mass is 9.89. The number of rotatable bonds is 5. The third kappa shape index (κ3) is 4.01. The predicted molar refractivity (Wildman–Crippen MR) is 103 cm³/mol. The second-order valence-electron chi connectivity index (χ2n) is 7.56. The SMILES string of the molecule is CCc1nc(CN2CCOC3(CCN(Cc4nccn4C)CC3)C2)cs1. The van der Waals surface area contributed by atoms with E-state index in [1.54, 1.807) is 11.3 Å². The van der Waals surface area contributed by atoms with Crippen LogP contribution in [0.15, 0.2) is 17.8 Å². The fourth-order valence-corrected chi connectivity index (χ4v) is 4.78. The van der Waals surface area contributed by atoms with Gasteiger partial charge in [-0.15, -0.1) is 11.3 Å². The number of likely N-dealkylation sites (tertiary alicyclic amines) is 1. The number of thiazole rings is 1. The van der Waals surface area contributed by atoms with Crippen molar-refractivity contribution in [2.24, 2.45) is 7.05 Å². The van der Waals surface area contributed by atoms with Gasteiger partial charge in [0.15, 0.2) is 0 Å². The molecule has 0 atom stereocenters. The number of aryl methyl sites for hydroxylation is 2. The van der Waals surface area contributed by atoms with Crippen LogP contribution in [-0.2, 0) is 31.3 Å². The van der Waals surface area contributed by atoms with Crippen molar-refractivity contribution in [3.05, 3.63) is 34.3 Å². The lowest BCUT2D eigenvalue weighted by molar-refractivity contribution is -0.138. The van der Waals surface area contributed by atoms with E-state index in [1.165, 1.54) is 10.7 Å². The van der Waals surface area contributed by atoms with Crippen molar-refractivity contribution in [2.75, 3.05) is 32.8 Å². The third-order valence-electron chi connectivity index (χ3n) is 5.67. The van der Waals surface area contributed by atoms with Crippen molar-refractivity contribution in [1.29, 1.82) is 0 Å². The Morgan fingerprint density at radius 2 is 2.04 bits per heavy atom. The monoisotopic (exact) mass is 375 g/mol. The second-order valence-corrected chi connectivity index (χ2v) is 8.50. The summed E-state index contributed by atoms with van der Waals surface area (Å²) in [5, 5.41) is 3.46. The van der Waals surface area contributed by atoms with Gasteiger partial charge in [0.25, 0.3) is 0 Å². The van der Waals surface area contributed by atoms with Crippen LogP contribution in [0.3, 0.4) is 0 Å².